The first-order valence-electron chi connectivity index (χ1n) is 4.61. The van der Waals surface area contributed by atoms with E-state index < -0.39 is 41.4 Å². The van der Waals surface area contributed by atoms with Gasteiger partial charge in [-0.05, 0) is 0 Å². The van der Waals surface area contributed by atoms with Gasteiger partial charge in [-0.25, -0.2) is 9.78 Å². The van der Waals surface area contributed by atoms with Crippen LogP contribution in [0.1, 0.15) is 16.1 Å². The average molecular weight is 305 g/mol. The van der Waals surface area contributed by atoms with Crippen molar-refractivity contribution in [3.05, 3.63) is 17.3 Å². The van der Waals surface area contributed by atoms with E-state index in [1.807, 2.05) is 0 Å². The number of esters is 1. The molecule has 1 N–H and O–H groups in total. The van der Waals surface area contributed by atoms with Crippen LogP contribution in [-0.4, -0.2) is 29.5 Å². The lowest BCUT2D eigenvalue weighted by atomic mass is 10.2. The van der Waals surface area contributed by atoms with Crippen LogP contribution in [0.2, 0.25) is 0 Å². The van der Waals surface area contributed by atoms with E-state index in [1.54, 1.807) is 0 Å². The van der Waals surface area contributed by atoms with Crippen molar-refractivity contribution >= 4 is 5.97 Å². The SMILES string of the molecule is COC(=O)c1cc(O)c(C(F)(F)F)nc1OC(F)(F)F. The Morgan fingerprint density at radius 1 is 1.25 bits per heavy atom. The number of aromatic nitrogens is 1. The standard InChI is InChI=1S/C9H5F6NO4/c1-19-7(18)3-2-4(17)5(8(10,11)12)16-6(3)20-9(13,14)15/h2,17H,1H3. The minimum Gasteiger partial charge on any atom is -0.506 e. The molecule has 1 aromatic rings. The predicted molar refractivity (Wildman–Crippen MR) is 48.9 cm³/mol. The fraction of sp³-hybridized carbons (Fsp3) is 0.333. The third kappa shape index (κ3) is 3.65. The number of ether oxygens (including phenoxy) is 2. The van der Waals surface area contributed by atoms with Crippen molar-refractivity contribution in [1.29, 1.82) is 0 Å². The van der Waals surface area contributed by atoms with Crippen molar-refractivity contribution in [2.24, 2.45) is 0 Å². The Morgan fingerprint density at radius 2 is 1.80 bits per heavy atom. The quantitative estimate of drug-likeness (QED) is 0.671. The van der Waals surface area contributed by atoms with E-state index in [1.165, 1.54) is 0 Å². The topological polar surface area (TPSA) is 68.7 Å². The number of nitrogens with zero attached hydrogens (tertiary/aromatic N) is 1. The second-order valence-electron chi connectivity index (χ2n) is 3.25. The highest BCUT2D eigenvalue weighted by Crippen LogP contribution is 2.38. The minimum absolute atomic E-state index is 0.128. The fourth-order valence-corrected chi connectivity index (χ4v) is 1.14. The number of halogens is 6. The van der Waals surface area contributed by atoms with Gasteiger partial charge < -0.3 is 14.6 Å². The molecule has 5 nitrogen and oxygen atoms in total. The molecule has 1 rings (SSSR count). The molecule has 11 heteroatoms. The van der Waals surface area contributed by atoms with Crippen molar-refractivity contribution in [1.82, 2.24) is 4.98 Å². The van der Waals surface area contributed by atoms with Crippen molar-refractivity contribution in [2.45, 2.75) is 12.5 Å². The zero-order chi connectivity index (χ0) is 15.7. The Kier molecular flexibility index (Phi) is 4.01. The van der Waals surface area contributed by atoms with Gasteiger partial charge in [-0.3, -0.25) is 0 Å². The maximum absolute atomic E-state index is 12.4. The molecule has 1 aromatic heterocycles. The van der Waals surface area contributed by atoms with Crippen LogP contribution in [0.15, 0.2) is 6.07 Å². The molecule has 0 saturated heterocycles. The van der Waals surface area contributed by atoms with Crippen molar-refractivity contribution < 1.29 is 45.7 Å². The summed E-state index contributed by atoms with van der Waals surface area (Å²) in [6, 6.07) is 0.128. The molecule has 0 aliphatic heterocycles. The number of pyridine rings is 1. The van der Waals surface area contributed by atoms with Gasteiger partial charge in [0.2, 0.25) is 5.88 Å². The highest BCUT2D eigenvalue weighted by molar-refractivity contribution is 5.92. The number of aromatic hydroxyl groups is 1. The molecule has 0 bridgehead atoms. The molecule has 0 spiro atoms. The molecule has 0 atom stereocenters. The lowest BCUT2D eigenvalue weighted by Crippen LogP contribution is -2.22. The Bertz CT molecular complexity index is 524. The van der Waals surface area contributed by atoms with E-state index in [9.17, 15) is 31.1 Å². The van der Waals surface area contributed by atoms with Crippen LogP contribution < -0.4 is 4.74 Å². The zero-order valence-corrected chi connectivity index (χ0v) is 9.46. The summed E-state index contributed by atoms with van der Waals surface area (Å²) < 4.78 is 80.7. The number of alkyl halides is 6. The van der Waals surface area contributed by atoms with Crippen molar-refractivity contribution in [3.8, 4) is 11.6 Å². The van der Waals surface area contributed by atoms with E-state index >= 15 is 0 Å². The first-order chi connectivity index (χ1) is 8.95. The molecule has 112 valence electrons. The van der Waals surface area contributed by atoms with Gasteiger partial charge in [0.05, 0.1) is 7.11 Å². The normalized spacial score (nSPS) is 12.2. The second kappa shape index (κ2) is 5.06. The lowest BCUT2D eigenvalue weighted by Gasteiger charge is -2.14. The number of hydrogen-bond acceptors (Lipinski definition) is 5. The molecule has 0 aromatic carbocycles. The van der Waals surface area contributed by atoms with Gasteiger partial charge in [-0.1, -0.05) is 0 Å². The Balaban J connectivity index is 3.46. The first-order valence-corrected chi connectivity index (χ1v) is 4.61. The number of methoxy groups -OCH3 is 1. The molecule has 0 amide bonds. The summed E-state index contributed by atoms with van der Waals surface area (Å²) in [7, 11) is 0.772. The number of rotatable bonds is 2. The van der Waals surface area contributed by atoms with Gasteiger partial charge in [-0.2, -0.15) is 13.2 Å². The third-order valence-corrected chi connectivity index (χ3v) is 1.85. The predicted octanol–water partition coefficient (Wildman–Crippen LogP) is 2.49. The van der Waals surface area contributed by atoms with Crippen LogP contribution >= 0.6 is 0 Å². The van der Waals surface area contributed by atoms with Crippen molar-refractivity contribution in [2.75, 3.05) is 7.11 Å². The molecular weight excluding hydrogens is 300 g/mol. The molecule has 20 heavy (non-hydrogen) atoms. The Morgan fingerprint density at radius 3 is 2.20 bits per heavy atom. The van der Waals surface area contributed by atoms with Crippen LogP contribution in [0.3, 0.4) is 0 Å². The highest BCUT2D eigenvalue weighted by atomic mass is 19.4. The van der Waals surface area contributed by atoms with E-state index in [2.05, 4.69) is 14.5 Å². The van der Waals surface area contributed by atoms with Crippen LogP contribution in [0.5, 0.6) is 11.6 Å². The zero-order valence-electron chi connectivity index (χ0n) is 9.46. The third-order valence-electron chi connectivity index (χ3n) is 1.85. The Hall–Kier alpha value is -2.20. The summed E-state index contributed by atoms with van der Waals surface area (Å²) in [5.41, 5.74) is -3.13. The molecule has 0 radical (unpaired) electrons. The van der Waals surface area contributed by atoms with Gasteiger partial charge in [0.25, 0.3) is 0 Å². The molecule has 0 fully saturated rings. The van der Waals surface area contributed by atoms with Gasteiger partial charge in [0.1, 0.15) is 11.3 Å². The summed E-state index contributed by atoms with van der Waals surface area (Å²) in [5.74, 6) is -4.66. The lowest BCUT2D eigenvalue weighted by molar-refractivity contribution is -0.276. The van der Waals surface area contributed by atoms with E-state index in [-0.39, 0.29) is 6.07 Å². The average Bonchev–Trinajstić information content (AvgIpc) is 2.26. The maximum atomic E-state index is 12.4. The van der Waals surface area contributed by atoms with Crippen LogP contribution in [0.4, 0.5) is 26.3 Å². The molecule has 0 aliphatic rings. The van der Waals surface area contributed by atoms with Gasteiger partial charge >= 0.3 is 18.5 Å². The van der Waals surface area contributed by atoms with Crippen LogP contribution in [-0.2, 0) is 10.9 Å². The summed E-state index contributed by atoms with van der Waals surface area (Å²) in [6.07, 6.45) is -10.6. The number of carbonyl (C=O) groups is 1. The molecule has 0 aliphatic carbocycles. The maximum Gasteiger partial charge on any atom is 0.574 e. The summed E-state index contributed by atoms with van der Waals surface area (Å²) in [6.45, 7) is 0. The second-order valence-corrected chi connectivity index (χ2v) is 3.25. The summed E-state index contributed by atoms with van der Waals surface area (Å²) in [5, 5.41) is 9.07. The van der Waals surface area contributed by atoms with Gasteiger partial charge in [-0.15, -0.1) is 13.2 Å². The largest absolute Gasteiger partial charge is 0.574 e. The van der Waals surface area contributed by atoms with E-state index in [0.717, 1.165) is 7.11 Å². The Labute approximate surface area is 106 Å². The minimum atomic E-state index is -5.38. The van der Waals surface area contributed by atoms with E-state index in [0.29, 0.717) is 0 Å². The number of hydrogen-bond donors (Lipinski definition) is 1. The van der Waals surface area contributed by atoms with Crippen LogP contribution in [0.25, 0.3) is 0 Å². The molecule has 1 heterocycles. The van der Waals surface area contributed by atoms with Crippen LogP contribution in [0, 0.1) is 0 Å². The number of carbonyl (C=O) groups excluding carboxylic acids is 1. The summed E-state index contributed by atoms with van der Waals surface area (Å²) >= 11 is 0. The van der Waals surface area contributed by atoms with Gasteiger partial charge in [0.15, 0.2) is 5.69 Å². The summed E-state index contributed by atoms with van der Waals surface area (Å²) in [4.78, 5) is 13.6. The molecular formula is C9H5F6NO4. The fourth-order valence-electron chi connectivity index (χ4n) is 1.14. The monoisotopic (exact) mass is 305 g/mol. The smallest absolute Gasteiger partial charge is 0.506 e. The first kappa shape index (κ1) is 15.9. The molecule has 0 unspecified atom stereocenters. The van der Waals surface area contributed by atoms with E-state index in [4.69, 9.17) is 5.11 Å². The molecule has 0 saturated carbocycles. The van der Waals surface area contributed by atoms with Crippen molar-refractivity contribution in [3.63, 3.8) is 0 Å². The van der Waals surface area contributed by atoms with Gasteiger partial charge in [0, 0.05) is 6.07 Å². The highest BCUT2D eigenvalue weighted by Gasteiger charge is 2.40.